The SMILES string of the molecule is Cc1noc(CCNC(=O)C2NCCc3ccccc32)n1. The number of carbonyl (C=O) groups excluding carboxylic acids is 1. The van der Waals surface area contributed by atoms with Crippen LogP contribution >= 0.6 is 0 Å². The predicted molar refractivity (Wildman–Crippen MR) is 76.6 cm³/mol. The molecule has 21 heavy (non-hydrogen) atoms. The van der Waals surface area contributed by atoms with E-state index in [1.54, 1.807) is 6.92 Å². The van der Waals surface area contributed by atoms with Gasteiger partial charge in [-0.3, -0.25) is 4.79 Å². The molecule has 1 atom stereocenters. The quantitative estimate of drug-likeness (QED) is 0.874. The summed E-state index contributed by atoms with van der Waals surface area (Å²) in [6.45, 7) is 3.08. The predicted octanol–water partition coefficient (Wildman–Crippen LogP) is 0.924. The Balaban J connectivity index is 1.59. The van der Waals surface area contributed by atoms with E-state index in [2.05, 4.69) is 26.8 Å². The molecule has 0 aliphatic carbocycles. The summed E-state index contributed by atoms with van der Waals surface area (Å²) in [4.78, 5) is 16.4. The van der Waals surface area contributed by atoms with E-state index in [-0.39, 0.29) is 11.9 Å². The Kier molecular flexibility index (Phi) is 3.96. The van der Waals surface area contributed by atoms with Gasteiger partial charge in [-0.2, -0.15) is 4.98 Å². The molecule has 1 aliphatic rings. The maximum atomic E-state index is 12.3. The highest BCUT2D eigenvalue weighted by molar-refractivity contribution is 5.83. The second kappa shape index (κ2) is 6.05. The normalized spacial score (nSPS) is 17.3. The maximum Gasteiger partial charge on any atom is 0.241 e. The van der Waals surface area contributed by atoms with Gasteiger partial charge in [0, 0.05) is 19.5 Å². The summed E-state index contributed by atoms with van der Waals surface area (Å²) in [7, 11) is 0. The molecule has 0 saturated heterocycles. The Hall–Kier alpha value is -2.21. The van der Waals surface area contributed by atoms with Gasteiger partial charge in [0.1, 0.15) is 6.04 Å². The van der Waals surface area contributed by atoms with Gasteiger partial charge in [0.25, 0.3) is 0 Å². The average molecular weight is 286 g/mol. The molecule has 1 aromatic heterocycles. The van der Waals surface area contributed by atoms with Crippen molar-refractivity contribution in [2.45, 2.75) is 25.8 Å². The fourth-order valence-corrected chi connectivity index (χ4v) is 2.57. The van der Waals surface area contributed by atoms with Crippen molar-refractivity contribution >= 4 is 5.91 Å². The number of rotatable bonds is 4. The largest absolute Gasteiger partial charge is 0.354 e. The minimum atomic E-state index is -0.278. The molecular formula is C15H18N4O2. The first-order chi connectivity index (χ1) is 10.2. The summed E-state index contributed by atoms with van der Waals surface area (Å²) < 4.78 is 5.02. The van der Waals surface area contributed by atoms with E-state index in [4.69, 9.17) is 4.52 Å². The Morgan fingerprint density at radius 2 is 2.33 bits per heavy atom. The molecule has 1 unspecified atom stereocenters. The lowest BCUT2D eigenvalue weighted by molar-refractivity contribution is -0.123. The van der Waals surface area contributed by atoms with Gasteiger partial charge in [0.15, 0.2) is 5.82 Å². The summed E-state index contributed by atoms with van der Waals surface area (Å²) in [5.74, 6) is 1.14. The van der Waals surface area contributed by atoms with Crippen LogP contribution in [0.5, 0.6) is 0 Å². The third-order valence-corrected chi connectivity index (χ3v) is 3.58. The standard InChI is InChI=1S/C15H18N4O2/c1-10-18-13(21-19-10)7-9-17-15(20)14-12-5-3-2-4-11(12)6-8-16-14/h2-5,14,16H,6-9H2,1H3,(H,17,20). The number of aryl methyl sites for hydroxylation is 1. The number of nitrogens with one attached hydrogen (secondary N) is 2. The lowest BCUT2D eigenvalue weighted by atomic mass is 9.94. The fourth-order valence-electron chi connectivity index (χ4n) is 2.57. The molecular weight excluding hydrogens is 268 g/mol. The van der Waals surface area contributed by atoms with Gasteiger partial charge < -0.3 is 15.2 Å². The Labute approximate surface area is 122 Å². The van der Waals surface area contributed by atoms with Crippen LogP contribution in [0.4, 0.5) is 0 Å². The van der Waals surface area contributed by atoms with Gasteiger partial charge in [-0.05, 0) is 24.5 Å². The number of nitrogens with zero attached hydrogens (tertiary/aromatic N) is 2. The first kappa shape index (κ1) is 13.8. The summed E-state index contributed by atoms with van der Waals surface area (Å²) in [6, 6.07) is 7.79. The zero-order valence-electron chi connectivity index (χ0n) is 11.9. The summed E-state index contributed by atoms with van der Waals surface area (Å²) in [5, 5.41) is 9.91. The Bertz CT molecular complexity index is 638. The van der Waals surface area contributed by atoms with Crippen LogP contribution in [0.15, 0.2) is 28.8 Å². The molecule has 2 aromatic rings. The minimum absolute atomic E-state index is 0.0154. The molecule has 2 heterocycles. The smallest absolute Gasteiger partial charge is 0.241 e. The number of carbonyl (C=O) groups is 1. The molecule has 0 radical (unpaired) electrons. The molecule has 6 heteroatoms. The van der Waals surface area contributed by atoms with Crippen molar-refractivity contribution in [1.29, 1.82) is 0 Å². The van der Waals surface area contributed by atoms with Crippen LogP contribution in [0.2, 0.25) is 0 Å². The van der Waals surface area contributed by atoms with Crippen molar-refractivity contribution in [2.24, 2.45) is 0 Å². The van der Waals surface area contributed by atoms with Crippen molar-refractivity contribution in [2.75, 3.05) is 13.1 Å². The Morgan fingerprint density at radius 1 is 1.48 bits per heavy atom. The zero-order valence-corrected chi connectivity index (χ0v) is 11.9. The van der Waals surface area contributed by atoms with E-state index in [0.717, 1.165) is 18.5 Å². The summed E-state index contributed by atoms with van der Waals surface area (Å²) in [6.07, 6.45) is 1.50. The first-order valence-corrected chi connectivity index (χ1v) is 7.12. The third kappa shape index (κ3) is 3.11. The summed E-state index contributed by atoms with van der Waals surface area (Å²) >= 11 is 0. The van der Waals surface area contributed by atoms with Gasteiger partial charge in [-0.25, -0.2) is 0 Å². The van der Waals surface area contributed by atoms with Crippen molar-refractivity contribution < 1.29 is 9.32 Å². The van der Waals surface area contributed by atoms with Crippen LogP contribution < -0.4 is 10.6 Å². The highest BCUT2D eigenvalue weighted by atomic mass is 16.5. The lowest BCUT2D eigenvalue weighted by Crippen LogP contribution is -2.42. The molecule has 110 valence electrons. The van der Waals surface area contributed by atoms with Crippen LogP contribution in [-0.2, 0) is 17.6 Å². The molecule has 0 saturated carbocycles. The van der Waals surface area contributed by atoms with Crippen molar-refractivity contribution in [3.05, 3.63) is 47.1 Å². The molecule has 1 aliphatic heterocycles. The van der Waals surface area contributed by atoms with E-state index in [1.165, 1.54) is 5.56 Å². The van der Waals surface area contributed by atoms with E-state index in [1.807, 2.05) is 18.2 Å². The maximum absolute atomic E-state index is 12.3. The van der Waals surface area contributed by atoms with Crippen molar-refractivity contribution in [3.63, 3.8) is 0 Å². The number of benzene rings is 1. The van der Waals surface area contributed by atoms with Crippen molar-refractivity contribution in [1.82, 2.24) is 20.8 Å². The second-order valence-electron chi connectivity index (χ2n) is 5.11. The van der Waals surface area contributed by atoms with Crippen LogP contribution in [0.1, 0.15) is 28.9 Å². The van der Waals surface area contributed by atoms with Gasteiger partial charge in [-0.15, -0.1) is 0 Å². The molecule has 3 rings (SSSR count). The molecule has 1 aromatic carbocycles. The monoisotopic (exact) mass is 286 g/mol. The number of hydrogen-bond acceptors (Lipinski definition) is 5. The molecule has 0 fully saturated rings. The van der Waals surface area contributed by atoms with Gasteiger partial charge >= 0.3 is 0 Å². The second-order valence-corrected chi connectivity index (χ2v) is 5.11. The topological polar surface area (TPSA) is 80.0 Å². The van der Waals surface area contributed by atoms with Crippen LogP contribution in [0.3, 0.4) is 0 Å². The van der Waals surface area contributed by atoms with Crippen LogP contribution in [-0.4, -0.2) is 29.1 Å². The van der Waals surface area contributed by atoms with E-state index >= 15 is 0 Å². The number of hydrogen-bond donors (Lipinski definition) is 2. The van der Waals surface area contributed by atoms with E-state index in [9.17, 15) is 4.79 Å². The molecule has 0 spiro atoms. The van der Waals surface area contributed by atoms with Gasteiger partial charge in [0.2, 0.25) is 11.8 Å². The molecule has 1 amide bonds. The van der Waals surface area contributed by atoms with Crippen LogP contribution in [0, 0.1) is 6.92 Å². The van der Waals surface area contributed by atoms with E-state index < -0.39 is 0 Å². The minimum Gasteiger partial charge on any atom is -0.354 e. The zero-order chi connectivity index (χ0) is 14.7. The van der Waals surface area contributed by atoms with Gasteiger partial charge in [0.05, 0.1) is 0 Å². The average Bonchev–Trinajstić information content (AvgIpc) is 2.92. The fraction of sp³-hybridized carbons (Fsp3) is 0.400. The first-order valence-electron chi connectivity index (χ1n) is 7.12. The Morgan fingerprint density at radius 3 is 3.14 bits per heavy atom. The number of aromatic nitrogens is 2. The van der Waals surface area contributed by atoms with Crippen LogP contribution in [0.25, 0.3) is 0 Å². The van der Waals surface area contributed by atoms with Crippen molar-refractivity contribution in [3.8, 4) is 0 Å². The number of fused-ring (bicyclic) bond motifs is 1. The highest BCUT2D eigenvalue weighted by Gasteiger charge is 2.25. The summed E-state index contributed by atoms with van der Waals surface area (Å²) in [5.41, 5.74) is 2.30. The third-order valence-electron chi connectivity index (χ3n) is 3.58. The molecule has 6 nitrogen and oxygen atoms in total. The molecule has 0 bridgehead atoms. The molecule has 2 N–H and O–H groups in total. The number of amides is 1. The van der Waals surface area contributed by atoms with Gasteiger partial charge in [-0.1, -0.05) is 29.4 Å². The van der Waals surface area contributed by atoms with E-state index in [0.29, 0.717) is 24.7 Å². The lowest BCUT2D eigenvalue weighted by Gasteiger charge is -2.25. The highest BCUT2D eigenvalue weighted by Crippen LogP contribution is 2.22.